The van der Waals surface area contributed by atoms with E-state index in [1.807, 2.05) is 19.9 Å². The topological polar surface area (TPSA) is 99.0 Å². The van der Waals surface area contributed by atoms with Gasteiger partial charge in [0, 0.05) is 24.3 Å². The maximum absolute atomic E-state index is 13.1. The van der Waals surface area contributed by atoms with E-state index < -0.39 is 12.1 Å². The first-order valence-corrected chi connectivity index (χ1v) is 13.0. The first kappa shape index (κ1) is 28.4. The molecule has 0 spiro atoms. The lowest BCUT2D eigenvalue weighted by Crippen LogP contribution is -2.42. The van der Waals surface area contributed by atoms with Crippen molar-refractivity contribution in [3.63, 3.8) is 0 Å². The van der Waals surface area contributed by atoms with Crippen molar-refractivity contribution in [1.82, 2.24) is 5.32 Å². The van der Waals surface area contributed by atoms with Crippen LogP contribution in [-0.2, 0) is 19.0 Å². The number of halogens is 1. The number of hydrogen-bond acceptors (Lipinski definition) is 7. The molecule has 2 heterocycles. The second-order valence-corrected chi connectivity index (χ2v) is 9.48. The van der Waals surface area contributed by atoms with E-state index >= 15 is 0 Å². The monoisotopic (exact) mass is 522 g/mol. The van der Waals surface area contributed by atoms with Crippen LogP contribution < -0.4 is 10.6 Å². The minimum atomic E-state index is -0.568. The Balaban J connectivity index is 0.00000361. The van der Waals surface area contributed by atoms with Crippen LogP contribution in [0, 0.1) is 11.8 Å². The molecule has 1 aliphatic heterocycles. The standard InChI is InChI=1S/C27H38N2O6.ClH/c1-3-32-16-21(17-33-4-2)34-27(31)24-15-19-14-20(10-11-23(19)35-24)29-26(30)25-22(12-13-28-25)18-8-6-5-7-9-18;/h10-11,14-15,18,21-22,25,28H,3-9,12-13,16-17H2,1-2H3,(H,29,30);1H/t22-,25+;/m0./s1. The molecule has 36 heavy (non-hydrogen) atoms. The third-order valence-corrected chi connectivity index (χ3v) is 7.08. The van der Waals surface area contributed by atoms with Crippen LogP contribution >= 0.6 is 12.4 Å². The summed E-state index contributed by atoms with van der Waals surface area (Å²) in [6.07, 6.45) is 6.86. The lowest BCUT2D eigenvalue weighted by atomic mass is 9.76. The van der Waals surface area contributed by atoms with E-state index in [0.29, 0.717) is 36.3 Å². The minimum Gasteiger partial charge on any atom is -0.452 e. The van der Waals surface area contributed by atoms with Crippen LogP contribution in [0.25, 0.3) is 11.0 Å². The van der Waals surface area contributed by atoms with Gasteiger partial charge in [-0.15, -0.1) is 12.4 Å². The average Bonchev–Trinajstić information content (AvgIpc) is 3.53. The molecule has 4 rings (SSSR count). The predicted molar refractivity (Wildman–Crippen MR) is 141 cm³/mol. The molecule has 1 aromatic carbocycles. The Morgan fingerprint density at radius 2 is 1.78 bits per heavy atom. The SMILES string of the molecule is CCOCC(COCC)OC(=O)c1cc2cc(NC(=O)[C@@H]3NCC[C@H]3C3CCCCC3)ccc2o1.Cl. The predicted octanol–water partition coefficient (Wildman–Crippen LogP) is 4.95. The van der Waals surface area contributed by atoms with Crippen molar-refractivity contribution in [2.24, 2.45) is 11.8 Å². The summed E-state index contributed by atoms with van der Waals surface area (Å²) in [6.45, 7) is 6.22. The van der Waals surface area contributed by atoms with E-state index in [4.69, 9.17) is 18.6 Å². The van der Waals surface area contributed by atoms with Gasteiger partial charge in [-0.1, -0.05) is 32.1 Å². The number of furan rings is 1. The van der Waals surface area contributed by atoms with Crippen molar-refractivity contribution < 1.29 is 28.2 Å². The number of ether oxygens (including phenoxy) is 3. The molecule has 9 heteroatoms. The van der Waals surface area contributed by atoms with Crippen molar-refractivity contribution in [2.45, 2.75) is 64.5 Å². The van der Waals surface area contributed by atoms with Crippen LogP contribution in [0.2, 0.25) is 0 Å². The number of anilines is 1. The second-order valence-electron chi connectivity index (χ2n) is 9.48. The van der Waals surface area contributed by atoms with Gasteiger partial charge in [-0.3, -0.25) is 4.79 Å². The van der Waals surface area contributed by atoms with Crippen molar-refractivity contribution in [3.8, 4) is 0 Å². The maximum atomic E-state index is 13.1. The molecule has 2 atom stereocenters. The van der Waals surface area contributed by atoms with Crippen molar-refractivity contribution in [2.75, 3.05) is 38.3 Å². The second kappa shape index (κ2) is 14.0. The first-order chi connectivity index (χ1) is 17.1. The molecule has 0 bridgehead atoms. The molecule has 0 radical (unpaired) electrons. The number of amides is 1. The number of carbonyl (C=O) groups is 2. The van der Waals surface area contributed by atoms with Gasteiger partial charge in [0.25, 0.3) is 0 Å². The highest BCUT2D eigenvalue weighted by atomic mass is 35.5. The number of fused-ring (bicyclic) bond motifs is 1. The fourth-order valence-electron chi connectivity index (χ4n) is 5.35. The summed E-state index contributed by atoms with van der Waals surface area (Å²) in [6, 6.07) is 6.88. The zero-order valence-electron chi connectivity index (χ0n) is 21.3. The number of esters is 1. The van der Waals surface area contributed by atoms with Gasteiger partial charge in [0.05, 0.1) is 19.3 Å². The lowest BCUT2D eigenvalue weighted by Gasteiger charge is -2.30. The van der Waals surface area contributed by atoms with Gasteiger partial charge >= 0.3 is 5.97 Å². The van der Waals surface area contributed by atoms with E-state index in [0.717, 1.165) is 18.4 Å². The molecule has 2 N–H and O–H groups in total. The van der Waals surface area contributed by atoms with E-state index in [1.54, 1.807) is 18.2 Å². The molecule has 1 saturated carbocycles. The third kappa shape index (κ3) is 7.22. The summed E-state index contributed by atoms with van der Waals surface area (Å²) in [5, 5.41) is 7.21. The molecule has 200 valence electrons. The highest BCUT2D eigenvalue weighted by Crippen LogP contribution is 2.36. The van der Waals surface area contributed by atoms with Crippen molar-refractivity contribution >= 4 is 40.9 Å². The molecule has 2 fully saturated rings. The van der Waals surface area contributed by atoms with Crippen LogP contribution in [0.15, 0.2) is 28.7 Å². The number of rotatable bonds is 11. The van der Waals surface area contributed by atoms with E-state index in [2.05, 4.69) is 10.6 Å². The zero-order chi connectivity index (χ0) is 24.6. The first-order valence-electron chi connectivity index (χ1n) is 13.0. The van der Waals surface area contributed by atoms with Crippen LogP contribution in [0.4, 0.5) is 5.69 Å². The van der Waals surface area contributed by atoms with E-state index in [9.17, 15) is 9.59 Å². The Labute approximate surface area is 219 Å². The van der Waals surface area contributed by atoms with Crippen LogP contribution in [-0.4, -0.2) is 57.0 Å². The van der Waals surface area contributed by atoms with Gasteiger partial charge < -0.3 is 29.3 Å². The van der Waals surface area contributed by atoms with Gasteiger partial charge in [-0.25, -0.2) is 4.79 Å². The fraction of sp³-hybridized carbons (Fsp3) is 0.630. The summed E-state index contributed by atoms with van der Waals surface area (Å²) in [7, 11) is 0. The molecular weight excluding hydrogens is 484 g/mol. The summed E-state index contributed by atoms with van der Waals surface area (Å²) in [4.78, 5) is 25.8. The van der Waals surface area contributed by atoms with E-state index in [1.165, 1.54) is 32.1 Å². The fourth-order valence-corrected chi connectivity index (χ4v) is 5.35. The Hall–Kier alpha value is -2.13. The summed E-state index contributed by atoms with van der Waals surface area (Å²) < 4.78 is 22.0. The molecule has 2 aliphatic rings. The molecular formula is C27H39ClN2O6. The lowest BCUT2D eigenvalue weighted by molar-refractivity contribution is -0.119. The molecule has 1 saturated heterocycles. The summed E-state index contributed by atoms with van der Waals surface area (Å²) in [5.74, 6) is 0.581. The highest BCUT2D eigenvalue weighted by molar-refractivity contribution is 5.98. The Morgan fingerprint density at radius 3 is 2.47 bits per heavy atom. The summed E-state index contributed by atoms with van der Waals surface area (Å²) in [5.41, 5.74) is 1.24. The quantitative estimate of drug-likeness (QED) is 0.403. The third-order valence-electron chi connectivity index (χ3n) is 7.08. The van der Waals surface area contributed by atoms with Crippen LogP contribution in [0.3, 0.4) is 0 Å². The molecule has 1 amide bonds. The maximum Gasteiger partial charge on any atom is 0.374 e. The minimum absolute atomic E-state index is 0. The number of benzene rings is 1. The van der Waals surface area contributed by atoms with Crippen LogP contribution in [0.1, 0.15) is 62.9 Å². The number of carbonyl (C=O) groups excluding carboxylic acids is 2. The van der Waals surface area contributed by atoms with Gasteiger partial charge in [0.15, 0.2) is 0 Å². The smallest absolute Gasteiger partial charge is 0.374 e. The van der Waals surface area contributed by atoms with Crippen LogP contribution in [0.5, 0.6) is 0 Å². The van der Waals surface area contributed by atoms with E-state index in [-0.39, 0.29) is 43.3 Å². The Kier molecular flexibility index (Phi) is 11.0. The normalized spacial score (nSPS) is 20.4. The molecule has 0 unspecified atom stereocenters. The zero-order valence-corrected chi connectivity index (χ0v) is 22.1. The molecule has 8 nitrogen and oxygen atoms in total. The van der Waals surface area contributed by atoms with Crippen molar-refractivity contribution in [1.29, 1.82) is 0 Å². The largest absolute Gasteiger partial charge is 0.452 e. The summed E-state index contributed by atoms with van der Waals surface area (Å²) >= 11 is 0. The van der Waals surface area contributed by atoms with Gasteiger partial charge in [-0.05, 0) is 62.9 Å². The number of hydrogen-bond donors (Lipinski definition) is 2. The van der Waals surface area contributed by atoms with Crippen molar-refractivity contribution in [3.05, 3.63) is 30.0 Å². The Bertz CT molecular complexity index is 982. The Morgan fingerprint density at radius 1 is 1.06 bits per heavy atom. The van der Waals surface area contributed by atoms with Gasteiger partial charge in [0.2, 0.25) is 11.7 Å². The molecule has 1 aliphatic carbocycles. The average molecular weight is 523 g/mol. The van der Waals surface area contributed by atoms with Gasteiger partial charge in [-0.2, -0.15) is 0 Å². The number of nitrogens with one attached hydrogen (secondary N) is 2. The molecule has 2 aromatic rings. The van der Waals surface area contributed by atoms with Gasteiger partial charge in [0.1, 0.15) is 11.7 Å². The highest BCUT2D eigenvalue weighted by Gasteiger charge is 2.38. The molecule has 1 aromatic heterocycles.